The molecular formula is C27H27N7O3. The maximum Gasteiger partial charge on any atom is 0.305 e. The zero-order valence-electron chi connectivity index (χ0n) is 20.5. The minimum Gasteiger partial charge on any atom is -0.493 e. The summed E-state index contributed by atoms with van der Waals surface area (Å²) in [6.45, 7) is 1.47. The molecule has 0 amide bonds. The molecule has 1 aliphatic rings. The molecule has 4 aromatic heterocycles. The lowest BCUT2D eigenvalue weighted by Crippen LogP contribution is -2.16. The molecule has 188 valence electrons. The van der Waals surface area contributed by atoms with Crippen molar-refractivity contribution in [2.24, 2.45) is 7.05 Å². The Balaban J connectivity index is 1.21. The van der Waals surface area contributed by atoms with Crippen molar-refractivity contribution in [3.8, 4) is 5.75 Å². The van der Waals surface area contributed by atoms with Gasteiger partial charge in [0.25, 0.3) is 0 Å². The number of aromatic nitrogens is 6. The molecule has 5 heterocycles. The van der Waals surface area contributed by atoms with E-state index in [0.717, 1.165) is 64.1 Å². The third-order valence-corrected chi connectivity index (χ3v) is 6.79. The first kappa shape index (κ1) is 23.0. The van der Waals surface area contributed by atoms with Crippen LogP contribution in [0.1, 0.15) is 35.7 Å². The Morgan fingerprint density at radius 2 is 2.03 bits per heavy atom. The molecule has 6 rings (SSSR count). The van der Waals surface area contributed by atoms with Crippen LogP contribution >= 0.6 is 0 Å². The molecule has 5 aromatic rings. The van der Waals surface area contributed by atoms with Crippen molar-refractivity contribution >= 4 is 33.7 Å². The number of benzene rings is 1. The summed E-state index contributed by atoms with van der Waals surface area (Å²) in [7, 11) is 1.82. The highest BCUT2D eigenvalue weighted by Gasteiger charge is 2.22. The number of ether oxygens (including phenoxy) is 1. The van der Waals surface area contributed by atoms with Gasteiger partial charge in [0, 0.05) is 42.7 Å². The highest BCUT2D eigenvalue weighted by Crippen LogP contribution is 2.29. The van der Waals surface area contributed by atoms with E-state index in [4.69, 9.17) is 9.72 Å². The summed E-state index contributed by atoms with van der Waals surface area (Å²) in [5.74, 6) is 0.814. The van der Waals surface area contributed by atoms with Gasteiger partial charge in [-0.15, -0.1) is 0 Å². The highest BCUT2D eigenvalue weighted by atomic mass is 16.5. The fourth-order valence-electron chi connectivity index (χ4n) is 4.90. The van der Waals surface area contributed by atoms with Crippen LogP contribution in [0.2, 0.25) is 0 Å². The Labute approximate surface area is 212 Å². The van der Waals surface area contributed by atoms with Crippen molar-refractivity contribution in [3.05, 3.63) is 71.8 Å². The Hall–Kier alpha value is -4.47. The normalized spacial score (nSPS) is 13.9. The summed E-state index contributed by atoms with van der Waals surface area (Å²) in [5.41, 5.74) is 4.60. The van der Waals surface area contributed by atoms with Gasteiger partial charge in [0.1, 0.15) is 11.6 Å². The summed E-state index contributed by atoms with van der Waals surface area (Å²) in [5, 5.41) is 23.5. The van der Waals surface area contributed by atoms with Gasteiger partial charge in [0.05, 0.1) is 37.0 Å². The Bertz CT molecular complexity index is 1610. The van der Waals surface area contributed by atoms with Gasteiger partial charge in [-0.25, -0.2) is 9.97 Å². The van der Waals surface area contributed by atoms with Crippen molar-refractivity contribution in [1.82, 2.24) is 29.5 Å². The zero-order valence-corrected chi connectivity index (χ0v) is 20.5. The number of anilines is 1. The number of rotatable bonds is 8. The van der Waals surface area contributed by atoms with Gasteiger partial charge in [-0.2, -0.15) is 10.2 Å². The first-order valence-electron chi connectivity index (χ1n) is 12.4. The first-order chi connectivity index (χ1) is 18.0. The molecule has 1 aromatic carbocycles. The molecule has 0 radical (unpaired) electrons. The number of fused-ring (bicyclic) bond motifs is 3. The highest BCUT2D eigenvalue weighted by molar-refractivity contribution is 5.81. The smallest absolute Gasteiger partial charge is 0.305 e. The van der Waals surface area contributed by atoms with Crippen molar-refractivity contribution in [1.29, 1.82) is 0 Å². The third-order valence-electron chi connectivity index (χ3n) is 6.79. The van der Waals surface area contributed by atoms with Crippen LogP contribution in [0, 0.1) is 0 Å². The van der Waals surface area contributed by atoms with E-state index in [2.05, 4.69) is 32.6 Å². The number of aliphatic carboxylic acids is 1. The number of aryl methyl sites for hydroxylation is 2. The molecule has 0 aliphatic carbocycles. The van der Waals surface area contributed by atoms with Crippen LogP contribution in [-0.2, 0) is 24.7 Å². The van der Waals surface area contributed by atoms with Crippen LogP contribution in [0.15, 0.2) is 55.0 Å². The Kier molecular flexibility index (Phi) is 5.91. The zero-order chi connectivity index (χ0) is 25.4. The number of carboxylic acids is 1. The SMILES string of the molecule is Cn1ncc2cc(C(CC(=O)O)n3ncc4cc(OCCc5ccc6c(n5)NCCC6)ccc43)cnc21. The molecule has 37 heavy (non-hydrogen) atoms. The number of hydrogen-bond donors (Lipinski definition) is 2. The van der Waals surface area contributed by atoms with Gasteiger partial charge >= 0.3 is 5.97 Å². The summed E-state index contributed by atoms with van der Waals surface area (Å²) in [6.07, 6.45) is 7.97. The number of pyridine rings is 2. The van der Waals surface area contributed by atoms with E-state index in [0.29, 0.717) is 13.0 Å². The second-order valence-corrected chi connectivity index (χ2v) is 9.31. The summed E-state index contributed by atoms with van der Waals surface area (Å²) >= 11 is 0. The molecule has 2 N–H and O–H groups in total. The quantitative estimate of drug-likeness (QED) is 0.333. The largest absolute Gasteiger partial charge is 0.493 e. The lowest BCUT2D eigenvalue weighted by Gasteiger charge is -2.18. The lowest BCUT2D eigenvalue weighted by molar-refractivity contribution is -0.137. The van der Waals surface area contributed by atoms with Crippen LogP contribution in [0.3, 0.4) is 0 Å². The van der Waals surface area contributed by atoms with Crippen molar-refractivity contribution in [2.75, 3.05) is 18.5 Å². The van der Waals surface area contributed by atoms with Gasteiger partial charge in [0.15, 0.2) is 5.65 Å². The fourth-order valence-corrected chi connectivity index (χ4v) is 4.90. The topological polar surface area (TPSA) is 120 Å². The molecule has 0 fully saturated rings. The maximum atomic E-state index is 11.7. The van der Waals surface area contributed by atoms with E-state index in [1.54, 1.807) is 28.0 Å². The standard InChI is InChI=1S/C27H27N7O3/c1-33-27-20(16-30-33)11-18(14-29-27)24(13-25(35)36)34-23-7-6-22(12-19(23)15-31-34)37-10-8-21-5-4-17-3-2-9-28-26(17)32-21/h4-7,11-12,14-16,24H,2-3,8-10,13H2,1H3,(H,28,32)(H,35,36). The van der Waals surface area contributed by atoms with E-state index in [1.807, 2.05) is 31.3 Å². The fraction of sp³-hybridized carbons (Fsp3) is 0.296. The molecule has 1 unspecified atom stereocenters. The average Bonchev–Trinajstić information content (AvgIpc) is 3.50. The summed E-state index contributed by atoms with van der Waals surface area (Å²) in [6, 6.07) is 11.4. The van der Waals surface area contributed by atoms with E-state index >= 15 is 0 Å². The third kappa shape index (κ3) is 4.57. The average molecular weight is 498 g/mol. The molecule has 0 saturated heterocycles. The van der Waals surface area contributed by atoms with Crippen molar-refractivity contribution in [3.63, 3.8) is 0 Å². The number of hydrogen-bond acceptors (Lipinski definition) is 7. The van der Waals surface area contributed by atoms with Crippen LogP contribution in [0.25, 0.3) is 21.9 Å². The molecule has 1 atom stereocenters. The minimum atomic E-state index is -0.911. The number of carboxylic acid groups (broad SMARTS) is 1. The van der Waals surface area contributed by atoms with Gasteiger partial charge in [-0.1, -0.05) is 6.07 Å². The summed E-state index contributed by atoms with van der Waals surface area (Å²) < 4.78 is 9.46. The molecule has 0 spiro atoms. The van der Waals surface area contributed by atoms with Gasteiger partial charge in [0.2, 0.25) is 0 Å². The molecule has 1 aliphatic heterocycles. The van der Waals surface area contributed by atoms with Crippen molar-refractivity contribution < 1.29 is 14.6 Å². The molecule has 0 saturated carbocycles. The predicted molar refractivity (Wildman–Crippen MR) is 139 cm³/mol. The number of nitrogens with one attached hydrogen (secondary N) is 1. The van der Waals surface area contributed by atoms with Gasteiger partial charge < -0.3 is 15.2 Å². The van der Waals surface area contributed by atoms with Crippen molar-refractivity contribution in [2.45, 2.75) is 31.7 Å². The van der Waals surface area contributed by atoms with Crippen LogP contribution in [0.5, 0.6) is 5.75 Å². The second-order valence-electron chi connectivity index (χ2n) is 9.31. The lowest BCUT2D eigenvalue weighted by atomic mass is 10.0. The molecular weight excluding hydrogens is 470 g/mol. The maximum absolute atomic E-state index is 11.7. The summed E-state index contributed by atoms with van der Waals surface area (Å²) in [4.78, 5) is 21.0. The molecule has 10 nitrogen and oxygen atoms in total. The molecule has 10 heteroatoms. The molecule has 0 bridgehead atoms. The van der Waals surface area contributed by atoms with E-state index in [1.165, 1.54) is 5.56 Å². The van der Waals surface area contributed by atoms with Crippen LogP contribution < -0.4 is 10.1 Å². The second kappa shape index (κ2) is 9.53. The first-order valence-corrected chi connectivity index (χ1v) is 12.4. The van der Waals surface area contributed by atoms with Gasteiger partial charge in [-0.05, 0) is 54.3 Å². The monoisotopic (exact) mass is 497 g/mol. The number of carbonyl (C=O) groups is 1. The van der Waals surface area contributed by atoms with Gasteiger partial charge in [-0.3, -0.25) is 14.2 Å². The van der Waals surface area contributed by atoms with E-state index in [-0.39, 0.29) is 6.42 Å². The Morgan fingerprint density at radius 3 is 2.92 bits per heavy atom. The van der Waals surface area contributed by atoms with Crippen LogP contribution in [-0.4, -0.2) is 53.8 Å². The Morgan fingerprint density at radius 1 is 1.14 bits per heavy atom. The van der Waals surface area contributed by atoms with E-state index in [9.17, 15) is 9.90 Å². The van der Waals surface area contributed by atoms with E-state index < -0.39 is 12.0 Å². The predicted octanol–water partition coefficient (Wildman–Crippen LogP) is 3.76. The number of nitrogens with zero attached hydrogens (tertiary/aromatic N) is 6. The van der Waals surface area contributed by atoms with Crippen LogP contribution in [0.4, 0.5) is 5.82 Å². The minimum absolute atomic E-state index is 0.120.